The molecule has 0 fully saturated rings. The number of Topliss-reactive ketones (excluding diaryl/α,β-unsaturated/α-hetero) is 1. The maximum absolute atomic E-state index is 14.0. The molecule has 8 heteroatoms. The lowest BCUT2D eigenvalue weighted by Crippen LogP contribution is -2.36. The molecule has 4 heterocycles. The lowest BCUT2D eigenvalue weighted by Gasteiger charge is -2.41. The van der Waals surface area contributed by atoms with Gasteiger partial charge < -0.3 is 4.90 Å². The Hall–Kier alpha value is -3.59. The standard InChI is InChI=1S/C29H22N2O3S3/c1-19-6-8-23(9-7-19)37(33,34)30-25-16-26(21-11-14-35-17-21)31-13-10-20-4-2-3-5-24(20)28(31)27(25)29(32)22-12-15-36-18-22/h2-15,17-18,26H,16H2,1H3/b30-25+. The maximum Gasteiger partial charge on any atom is 0.282 e. The number of ketones is 1. The summed E-state index contributed by atoms with van der Waals surface area (Å²) in [7, 11) is -4.05. The van der Waals surface area contributed by atoms with Gasteiger partial charge in [0.05, 0.1) is 27.9 Å². The summed E-state index contributed by atoms with van der Waals surface area (Å²) in [5.74, 6) is -0.229. The van der Waals surface area contributed by atoms with Gasteiger partial charge in [-0.2, -0.15) is 35.5 Å². The fourth-order valence-corrected chi connectivity index (χ4v) is 7.17. The molecule has 0 radical (unpaired) electrons. The van der Waals surface area contributed by atoms with Gasteiger partial charge in [-0.05, 0) is 64.5 Å². The smallest absolute Gasteiger partial charge is 0.282 e. The van der Waals surface area contributed by atoms with E-state index < -0.39 is 10.0 Å². The number of carbonyl (C=O) groups excluding carboxylic acids is 1. The zero-order chi connectivity index (χ0) is 25.6. The number of aryl methyl sites for hydroxylation is 1. The summed E-state index contributed by atoms with van der Waals surface area (Å²) >= 11 is 3.02. The molecular formula is C29H22N2O3S3. The van der Waals surface area contributed by atoms with Crippen LogP contribution in [0.3, 0.4) is 0 Å². The number of fused-ring (bicyclic) bond motifs is 3. The third-order valence-electron chi connectivity index (χ3n) is 6.62. The highest BCUT2D eigenvalue weighted by Crippen LogP contribution is 2.45. The summed E-state index contributed by atoms with van der Waals surface area (Å²) in [5, 5.41) is 7.71. The van der Waals surface area contributed by atoms with E-state index in [0.29, 0.717) is 16.8 Å². The van der Waals surface area contributed by atoms with Crippen molar-refractivity contribution in [3.05, 3.63) is 122 Å². The number of hydrogen-bond donors (Lipinski definition) is 0. The van der Waals surface area contributed by atoms with Gasteiger partial charge in [-0.1, -0.05) is 42.0 Å². The lowest BCUT2D eigenvalue weighted by atomic mass is 9.83. The molecule has 1 atom stereocenters. The van der Waals surface area contributed by atoms with Crippen LogP contribution < -0.4 is 0 Å². The number of carbonyl (C=O) groups is 1. The van der Waals surface area contributed by atoms with Crippen molar-refractivity contribution in [2.45, 2.75) is 24.3 Å². The zero-order valence-corrected chi connectivity index (χ0v) is 22.3. The molecular weight excluding hydrogens is 521 g/mol. The average molecular weight is 543 g/mol. The van der Waals surface area contributed by atoms with E-state index in [9.17, 15) is 13.2 Å². The van der Waals surface area contributed by atoms with Crippen LogP contribution in [-0.4, -0.2) is 24.8 Å². The Bertz CT molecular complexity index is 1680. The van der Waals surface area contributed by atoms with Gasteiger partial charge in [-0.15, -0.1) is 0 Å². The molecule has 5 nitrogen and oxygen atoms in total. The Morgan fingerprint density at radius 2 is 1.73 bits per heavy atom. The van der Waals surface area contributed by atoms with Crippen molar-refractivity contribution >= 4 is 56.0 Å². The summed E-state index contributed by atoms with van der Waals surface area (Å²) in [6, 6.07) is 18.1. The lowest BCUT2D eigenvalue weighted by molar-refractivity contribution is 0.103. The number of allylic oxidation sites excluding steroid dienone is 1. The van der Waals surface area contributed by atoms with Gasteiger partial charge in [-0.3, -0.25) is 4.79 Å². The molecule has 0 N–H and O–H groups in total. The highest BCUT2D eigenvalue weighted by molar-refractivity contribution is 7.90. The van der Waals surface area contributed by atoms with E-state index in [1.54, 1.807) is 47.0 Å². The van der Waals surface area contributed by atoms with Gasteiger partial charge in [0.15, 0.2) is 5.78 Å². The fourth-order valence-electron chi connectivity index (χ4n) is 4.79. The van der Waals surface area contributed by atoms with E-state index in [1.165, 1.54) is 11.3 Å². The molecule has 37 heavy (non-hydrogen) atoms. The van der Waals surface area contributed by atoms with Crippen molar-refractivity contribution in [3.63, 3.8) is 0 Å². The quantitative estimate of drug-likeness (QED) is 0.255. The van der Waals surface area contributed by atoms with Crippen LogP contribution in [-0.2, 0) is 10.0 Å². The van der Waals surface area contributed by atoms with Crippen LogP contribution in [0.2, 0.25) is 0 Å². The van der Waals surface area contributed by atoms with Crippen LogP contribution in [0.15, 0.2) is 103 Å². The second-order valence-corrected chi connectivity index (χ2v) is 12.1. The summed E-state index contributed by atoms with van der Waals surface area (Å²) in [4.78, 5) is 16.2. The normalized spacial score (nSPS) is 18.1. The first-order valence-corrected chi connectivity index (χ1v) is 15.0. The van der Waals surface area contributed by atoms with E-state index >= 15 is 0 Å². The van der Waals surface area contributed by atoms with Crippen LogP contribution in [0, 0.1) is 6.92 Å². The summed E-state index contributed by atoms with van der Waals surface area (Å²) < 4.78 is 31.4. The SMILES string of the molecule is Cc1ccc(S(=O)(=O)/N=C2\CC(c3ccsc3)N3C=Cc4ccccc4C3=C2C(=O)c2ccsc2)cc1. The summed E-state index contributed by atoms with van der Waals surface area (Å²) in [5.41, 5.74) is 5.68. The molecule has 2 aliphatic rings. The van der Waals surface area contributed by atoms with E-state index in [0.717, 1.165) is 22.3 Å². The zero-order valence-electron chi connectivity index (χ0n) is 19.9. The van der Waals surface area contributed by atoms with Crippen LogP contribution in [0.4, 0.5) is 0 Å². The molecule has 184 valence electrons. The Labute approximate surface area is 223 Å². The van der Waals surface area contributed by atoms with E-state index in [2.05, 4.69) is 14.7 Å². The van der Waals surface area contributed by atoms with Gasteiger partial charge in [0.25, 0.3) is 10.0 Å². The van der Waals surface area contributed by atoms with Crippen LogP contribution in [0.1, 0.15) is 45.1 Å². The first-order valence-electron chi connectivity index (χ1n) is 11.7. The minimum atomic E-state index is -4.05. The average Bonchev–Trinajstić information content (AvgIpc) is 3.63. The van der Waals surface area contributed by atoms with Crippen molar-refractivity contribution in [1.82, 2.24) is 4.90 Å². The number of hydrogen-bond acceptors (Lipinski definition) is 6. The van der Waals surface area contributed by atoms with Gasteiger partial charge in [0.2, 0.25) is 0 Å². The number of nitrogens with zero attached hydrogens (tertiary/aromatic N) is 2. The van der Waals surface area contributed by atoms with Gasteiger partial charge in [0.1, 0.15) is 0 Å². The molecule has 2 aromatic heterocycles. The second kappa shape index (κ2) is 9.37. The van der Waals surface area contributed by atoms with Gasteiger partial charge >= 0.3 is 0 Å². The number of benzene rings is 2. The molecule has 2 aromatic carbocycles. The van der Waals surface area contributed by atoms with Crippen molar-refractivity contribution < 1.29 is 13.2 Å². The number of thiophene rings is 2. The van der Waals surface area contributed by atoms with Crippen LogP contribution in [0.25, 0.3) is 11.8 Å². The van der Waals surface area contributed by atoms with Gasteiger partial charge in [0, 0.05) is 29.1 Å². The Morgan fingerprint density at radius 1 is 0.973 bits per heavy atom. The summed E-state index contributed by atoms with van der Waals surface area (Å²) in [6.45, 7) is 1.90. The predicted octanol–water partition coefficient (Wildman–Crippen LogP) is 6.97. The molecule has 0 saturated carbocycles. The molecule has 0 saturated heterocycles. The molecule has 0 amide bonds. The highest BCUT2D eigenvalue weighted by atomic mass is 32.2. The number of sulfonamides is 1. The largest absolute Gasteiger partial charge is 0.339 e. The van der Waals surface area contributed by atoms with Crippen LogP contribution >= 0.6 is 22.7 Å². The van der Waals surface area contributed by atoms with Crippen molar-refractivity contribution in [2.75, 3.05) is 0 Å². The van der Waals surface area contributed by atoms with E-state index in [1.807, 2.05) is 60.3 Å². The Morgan fingerprint density at radius 3 is 2.46 bits per heavy atom. The fraction of sp³-hybridized carbons (Fsp3) is 0.103. The Balaban J connectivity index is 1.63. The third-order valence-corrected chi connectivity index (χ3v) is 9.34. The molecule has 2 aliphatic heterocycles. The summed E-state index contributed by atoms with van der Waals surface area (Å²) in [6.07, 6.45) is 4.31. The van der Waals surface area contributed by atoms with Gasteiger partial charge in [-0.25, -0.2) is 0 Å². The topological polar surface area (TPSA) is 66.8 Å². The minimum absolute atomic E-state index is 0.108. The van der Waals surface area contributed by atoms with E-state index in [-0.39, 0.29) is 28.9 Å². The maximum atomic E-state index is 14.0. The number of rotatable bonds is 5. The Kier molecular flexibility index (Phi) is 6.03. The van der Waals surface area contributed by atoms with Crippen molar-refractivity contribution in [2.24, 2.45) is 4.40 Å². The molecule has 6 rings (SSSR count). The molecule has 0 spiro atoms. The third kappa shape index (κ3) is 4.31. The monoisotopic (exact) mass is 542 g/mol. The molecule has 0 bridgehead atoms. The molecule has 1 unspecified atom stereocenters. The minimum Gasteiger partial charge on any atom is -0.339 e. The van der Waals surface area contributed by atoms with Crippen molar-refractivity contribution in [3.8, 4) is 0 Å². The second-order valence-electron chi connectivity index (χ2n) is 8.98. The molecule has 4 aromatic rings. The highest BCUT2D eigenvalue weighted by Gasteiger charge is 2.39. The first-order chi connectivity index (χ1) is 17.9. The first kappa shape index (κ1) is 23.8. The predicted molar refractivity (Wildman–Crippen MR) is 150 cm³/mol. The molecule has 0 aliphatic carbocycles. The van der Waals surface area contributed by atoms with Crippen molar-refractivity contribution in [1.29, 1.82) is 0 Å². The van der Waals surface area contributed by atoms with E-state index in [4.69, 9.17) is 0 Å². The van der Waals surface area contributed by atoms with Crippen LogP contribution in [0.5, 0.6) is 0 Å².